The second-order valence-electron chi connectivity index (χ2n) is 4.17. The molecule has 1 aliphatic rings. The minimum absolute atomic E-state index is 0.610. The van der Waals surface area contributed by atoms with Crippen LogP contribution in [0.4, 0.5) is 0 Å². The summed E-state index contributed by atoms with van der Waals surface area (Å²) in [6, 6.07) is 0. The van der Waals surface area contributed by atoms with Crippen molar-refractivity contribution in [2.45, 2.75) is 38.1 Å². The first-order valence-corrected chi connectivity index (χ1v) is 5.64. The van der Waals surface area contributed by atoms with Gasteiger partial charge in [0.25, 0.3) is 0 Å². The number of hydrogen-bond acceptors (Lipinski definition) is 3. The predicted molar refractivity (Wildman–Crippen MR) is 58.0 cm³/mol. The van der Waals surface area contributed by atoms with E-state index < -0.39 is 11.5 Å². The fourth-order valence-corrected chi connectivity index (χ4v) is 2.51. The van der Waals surface area contributed by atoms with Crippen molar-refractivity contribution in [3.05, 3.63) is 0 Å². The van der Waals surface area contributed by atoms with Gasteiger partial charge in [-0.15, -0.1) is 0 Å². The quantitative estimate of drug-likeness (QED) is 0.726. The Kier molecular flexibility index (Phi) is 4.54. The second-order valence-corrected chi connectivity index (χ2v) is 4.17. The van der Waals surface area contributed by atoms with Crippen LogP contribution < -0.4 is 0 Å². The molecule has 0 spiro atoms. The lowest BCUT2D eigenvalue weighted by Crippen LogP contribution is -2.51. The highest BCUT2D eigenvalue weighted by Gasteiger charge is 2.46. The van der Waals surface area contributed by atoms with Crippen molar-refractivity contribution in [3.63, 3.8) is 0 Å². The van der Waals surface area contributed by atoms with Gasteiger partial charge in [-0.3, -0.25) is 9.69 Å². The number of aliphatic carboxylic acids is 1. The van der Waals surface area contributed by atoms with Gasteiger partial charge in [-0.05, 0) is 25.8 Å². The average Bonchev–Trinajstić information content (AvgIpc) is 2.60. The van der Waals surface area contributed by atoms with Gasteiger partial charge in [0.2, 0.25) is 0 Å². The van der Waals surface area contributed by atoms with E-state index in [1.165, 1.54) is 0 Å². The van der Waals surface area contributed by atoms with Gasteiger partial charge >= 0.3 is 5.97 Å². The normalized spacial score (nSPS) is 27.1. The minimum Gasteiger partial charge on any atom is -0.480 e. The van der Waals surface area contributed by atoms with Gasteiger partial charge in [0.1, 0.15) is 5.54 Å². The molecule has 1 unspecified atom stereocenters. The van der Waals surface area contributed by atoms with Crippen molar-refractivity contribution >= 4 is 5.97 Å². The zero-order chi connectivity index (χ0) is 11.3. The molecule has 0 saturated carbocycles. The summed E-state index contributed by atoms with van der Waals surface area (Å²) >= 11 is 0. The van der Waals surface area contributed by atoms with E-state index in [9.17, 15) is 9.90 Å². The average molecular weight is 215 g/mol. The zero-order valence-electron chi connectivity index (χ0n) is 9.66. The Labute approximate surface area is 91.2 Å². The Bertz CT molecular complexity index is 220. The third-order valence-electron chi connectivity index (χ3n) is 3.25. The van der Waals surface area contributed by atoms with Crippen molar-refractivity contribution in [2.75, 3.05) is 26.8 Å². The maximum atomic E-state index is 11.4. The molecular formula is C11H21NO3. The maximum Gasteiger partial charge on any atom is 0.324 e. The molecule has 4 nitrogen and oxygen atoms in total. The van der Waals surface area contributed by atoms with E-state index in [-0.39, 0.29) is 0 Å². The summed E-state index contributed by atoms with van der Waals surface area (Å²) in [6.45, 7) is 4.26. The summed E-state index contributed by atoms with van der Waals surface area (Å²) < 4.78 is 5.02. The Morgan fingerprint density at radius 2 is 2.33 bits per heavy atom. The molecule has 0 aromatic carbocycles. The molecule has 1 atom stereocenters. The van der Waals surface area contributed by atoms with Crippen LogP contribution in [0, 0.1) is 0 Å². The molecule has 1 heterocycles. The molecule has 88 valence electrons. The van der Waals surface area contributed by atoms with Crippen LogP contribution in [0.25, 0.3) is 0 Å². The third-order valence-corrected chi connectivity index (χ3v) is 3.25. The van der Waals surface area contributed by atoms with Crippen LogP contribution in [-0.4, -0.2) is 48.3 Å². The number of rotatable bonds is 6. The number of ether oxygens (including phenoxy) is 1. The predicted octanol–water partition coefficient (Wildman–Crippen LogP) is 1.35. The van der Waals surface area contributed by atoms with E-state index in [2.05, 4.69) is 4.90 Å². The van der Waals surface area contributed by atoms with E-state index in [4.69, 9.17) is 4.74 Å². The summed E-state index contributed by atoms with van der Waals surface area (Å²) in [5.74, 6) is -0.669. The molecule has 0 bridgehead atoms. The number of likely N-dealkylation sites (tertiary alicyclic amines) is 1. The van der Waals surface area contributed by atoms with Crippen LogP contribution in [0.15, 0.2) is 0 Å². The number of methoxy groups -OCH3 is 1. The van der Waals surface area contributed by atoms with Gasteiger partial charge in [-0.2, -0.15) is 0 Å². The lowest BCUT2D eigenvalue weighted by Gasteiger charge is -2.34. The first kappa shape index (κ1) is 12.5. The van der Waals surface area contributed by atoms with Gasteiger partial charge in [0.05, 0.1) is 6.61 Å². The van der Waals surface area contributed by atoms with Crippen molar-refractivity contribution in [1.29, 1.82) is 0 Å². The van der Waals surface area contributed by atoms with E-state index in [0.717, 1.165) is 38.8 Å². The van der Waals surface area contributed by atoms with Gasteiger partial charge in [0.15, 0.2) is 0 Å². The fourth-order valence-electron chi connectivity index (χ4n) is 2.51. The minimum atomic E-state index is -0.669. The SMILES string of the molecule is CCCC1(C(=O)O)CCCN1CCOC. The number of carboxylic acids is 1. The summed E-state index contributed by atoms with van der Waals surface area (Å²) in [5, 5.41) is 9.38. The Morgan fingerprint density at radius 1 is 1.60 bits per heavy atom. The van der Waals surface area contributed by atoms with Crippen LogP contribution in [0.2, 0.25) is 0 Å². The van der Waals surface area contributed by atoms with Gasteiger partial charge < -0.3 is 9.84 Å². The molecule has 0 radical (unpaired) electrons. The molecular weight excluding hydrogens is 194 g/mol. The monoisotopic (exact) mass is 215 g/mol. The molecule has 1 N–H and O–H groups in total. The smallest absolute Gasteiger partial charge is 0.324 e. The number of carboxylic acid groups (broad SMARTS) is 1. The Balaban J connectivity index is 2.70. The largest absolute Gasteiger partial charge is 0.480 e. The highest BCUT2D eigenvalue weighted by molar-refractivity contribution is 5.79. The van der Waals surface area contributed by atoms with E-state index in [1.807, 2.05) is 6.92 Å². The second kappa shape index (κ2) is 5.47. The van der Waals surface area contributed by atoms with E-state index in [0.29, 0.717) is 6.61 Å². The van der Waals surface area contributed by atoms with Crippen molar-refractivity contribution < 1.29 is 14.6 Å². The molecule has 0 amide bonds. The van der Waals surface area contributed by atoms with Crippen LogP contribution in [0.3, 0.4) is 0 Å². The number of hydrogen-bond donors (Lipinski definition) is 1. The van der Waals surface area contributed by atoms with E-state index in [1.54, 1.807) is 7.11 Å². The van der Waals surface area contributed by atoms with Gasteiger partial charge in [-0.1, -0.05) is 13.3 Å². The molecule has 1 fully saturated rings. The van der Waals surface area contributed by atoms with Gasteiger partial charge in [0, 0.05) is 13.7 Å². The fraction of sp³-hybridized carbons (Fsp3) is 0.909. The van der Waals surface area contributed by atoms with Crippen molar-refractivity contribution in [1.82, 2.24) is 4.90 Å². The van der Waals surface area contributed by atoms with Crippen LogP contribution in [0.5, 0.6) is 0 Å². The van der Waals surface area contributed by atoms with Crippen LogP contribution in [-0.2, 0) is 9.53 Å². The van der Waals surface area contributed by atoms with Crippen LogP contribution >= 0.6 is 0 Å². The molecule has 1 rings (SSSR count). The van der Waals surface area contributed by atoms with E-state index >= 15 is 0 Å². The highest BCUT2D eigenvalue weighted by atomic mass is 16.5. The Morgan fingerprint density at radius 3 is 2.87 bits per heavy atom. The molecule has 0 aromatic rings. The molecule has 0 aromatic heterocycles. The lowest BCUT2D eigenvalue weighted by atomic mass is 9.91. The molecule has 1 aliphatic heterocycles. The lowest BCUT2D eigenvalue weighted by molar-refractivity contribution is -0.150. The third kappa shape index (κ3) is 2.49. The summed E-state index contributed by atoms with van der Waals surface area (Å²) in [4.78, 5) is 13.5. The molecule has 4 heteroatoms. The zero-order valence-corrected chi connectivity index (χ0v) is 9.66. The standard InChI is InChI=1S/C11H21NO3/c1-3-5-11(10(13)14)6-4-7-12(11)8-9-15-2/h3-9H2,1-2H3,(H,13,14). The molecule has 15 heavy (non-hydrogen) atoms. The molecule has 1 saturated heterocycles. The number of carbonyl (C=O) groups is 1. The Hall–Kier alpha value is -0.610. The molecule has 0 aliphatic carbocycles. The van der Waals surface area contributed by atoms with Crippen molar-refractivity contribution in [3.8, 4) is 0 Å². The maximum absolute atomic E-state index is 11.4. The topological polar surface area (TPSA) is 49.8 Å². The first-order valence-electron chi connectivity index (χ1n) is 5.64. The summed E-state index contributed by atoms with van der Waals surface area (Å²) in [6.07, 6.45) is 3.41. The first-order chi connectivity index (χ1) is 7.17. The highest BCUT2D eigenvalue weighted by Crippen LogP contribution is 2.33. The number of nitrogens with zero attached hydrogens (tertiary/aromatic N) is 1. The summed E-state index contributed by atoms with van der Waals surface area (Å²) in [7, 11) is 1.65. The van der Waals surface area contributed by atoms with Crippen molar-refractivity contribution in [2.24, 2.45) is 0 Å². The van der Waals surface area contributed by atoms with Crippen LogP contribution in [0.1, 0.15) is 32.6 Å². The summed E-state index contributed by atoms with van der Waals surface area (Å²) in [5.41, 5.74) is -0.618. The van der Waals surface area contributed by atoms with Gasteiger partial charge in [-0.25, -0.2) is 0 Å².